The van der Waals surface area contributed by atoms with E-state index in [2.05, 4.69) is 29.3 Å². The van der Waals surface area contributed by atoms with Crippen LogP contribution in [0.2, 0.25) is 5.02 Å². The second kappa shape index (κ2) is 9.92. The molecular formula is C25H31ClN2O3. The van der Waals surface area contributed by atoms with Gasteiger partial charge < -0.3 is 19.7 Å². The number of rotatable bonds is 10. The molecule has 2 aromatic carbocycles. The van der Waals surface area contributed by atoms with Gasteiger partial charge in [-0.15, -0.1) is 0 Å². The minimum Gasteiger partial charge on any atom is -0.496 e. The van der Waals surface area contributed by atoms with Gasteiger partial charge in [0.15, 0.2) is 0 Å². The summed E-state index contributed by atoms with van der Waals surface area (Å²) >= 11 is 6.21. The van der Waals surface area contributed by atoms with E-state index in [1.165, 1.54) is 17.5 Å². The Morgan fingerprint density at radius 3 is 2.87 bits per heavy atom. The average Bonchev–Trinajstić information content (AvgIpc) is 3.54. The molecule has 1 fully saturated rings. The molecule has 6 heteroatoms. The molecule has 1 N–H and O–H groups in total. The van der Waals surface area contributed by atoms with Crippen molar-refractivity contribution in [2.75, 3.05) is 38.7 Å². The fourth-order valence-electron chi connectivity index (χ4n) is 4.45. The molecule has 0 bridgehead atoms. The molecule has 2 unspecified atom stereocenters. The predicted octanol–water partition coefficient (Wildman–Crippen LogP) is 5.13. The zero-order valence-electron chi connectivity index (χ0n) is 18.3. The first kappa shape index (κ1) is 22.0. The number of hydrogen-bond donors (Lipinski definition) is 1. The summed E-state index contributed by atoms with van der Waals surface area (Å²) in [7, 11) is 1.72. The Balaban J connectivity index is 1.23. The van der Waals surface area contributed by atoms with E-state index in [1.54, 1.807) is 7.11 Å². The van der Waals surface area contributed by atoms with Gasteiger partial charge in [-0.2, -0.15) is 0 Å². The van der Waals surface area contributed by atoms with Crippen molar-refractivity contribution in [1.29, 1.82) is 0 Å². The minimum absolute atomic E-state index is 0.0806. The molecule has 166 valence electrons. The van der Waals surface area contributed by atoms with Crippen LogP contribution in [0.4, 0.5) is 5.69 Å². The Kier molecular flexibility index (Phi) is 7.03. The molecule has 31 heavy (non-hydrogen) atoms. The van der Waals surface area contributed by atoms with Crippen LogP contribution in [0, 0.1) is 5.92 Å². The highest BCUT2D eigenvalue weighted by Crippen LogP contribution is 2.51. The molecule has 2 aliphatic rings. The maximum atomic E-state index is 11.6. The Labute approximate surface area is 189 Å². The fourth-order valence-corrected chi connectivity index (χ4v) is 4.63. The van der Waals surface area contributed by atoms with E-state index in [0.29, 0.717) is 24.9 Å². The number of carbonyl (C=O) groups is 1. The van der Waals surface area contributed by atoms with Crippen LogP contribution in [0.5, 0.6) is 11.5 Å². The monoisotopic (exact) mass is 442 g/mol. The molecule has 1 saturated carbocycles. The standard InChI is InChI=1S/C25H31ClN2O3/c1-3-28(16-18-13-21(18)22-14-19(26)7-9-24(22)30-2)11-4-12-31-20-8-5-17-6-10-25(29)27-23(17)15-20/h5,7-9,14-15,18,21H,3-4,6,10-13,16H2,1-2H3,(H,27,29). The van der Waals surface area contributed by atoms with Gasteiger partial charge in [-0.1, -0.05) is 24.6 Å². The average molecular weight is 443 g/mol. The van der Waals surface area contributed by atoms with Crippen molar-refractivity contribution >= 4 is 23.2 Å². The Morgan fingerprint density at radius 2 is 2.06 bits per heavy atom. The van der Waals surface area contributed by atoms with Crippen LogP contribution in [0.1, 0.15) is 43.2 Å². The molecule has 1 aliphatic carbocycles. The number of carbonyl (C=O) groups excluding carboxylic acids is 1. The molecule has 5 nitrogen and oxygen atoms in total. The topological polar surface area (TPSA) is 50.8 Å². The van der Waals surface area contributed by atoms with Gasteiger partial charge in [0.25, 0.3) is 0 Å². The van der Waals surface area contributed by atoms with Gasteiger partial charge >= 0.3 is 0 Å². The molecular weight excluding hydrogens is 412 g/mol. The summed E-state index contributed by atoms with van der Waals surface area (Å²) in [6.45, 7) is 6.00. The first-order chi connectivity index (χ1) is 15.1. The Bertz CT molecular complexity index is 933. The molecule has 2 atom stereocenters. The van der Waals surface area contributed by atoms with Crippen LogP contribution in [0.15, 0.2) is 36.4 Å². The third-order valence-corrected chi connectivity index (χ3v) is 6.55. The SMILES string of the molecule is CCN(CCCOc1ccc2c(c1)NC(=O)CC2)CC1CC1c1cc(Cl)ccc1OC. The van der Waals surface area contributed by atoms with E-state index in [1.807, 2.05) is 24.3 Å². The van der Waals surface area contributed by atoms with E-state index in [9.17, 15) is 4.79 Å². The molecule has 0 radical (unpaired) electrons. The Hall–Kier alpha value is -2.24. The zero-order valence-corrected chi connectivity index (χ0v) is 19.1. The van der Waals surface area contributed by atoms with Gasteiger partial charge in [-0.05, 0) is 73.0 Å². The summed E-state index contributed by atoms with van der Waals surface area (Å²) < 4.78 is 11.5. The first-order valence-electron chi connectivity index (χ1n) is 11.2. The molecule has 0 saturated heterocycles. The second-order valence-electron chi connectivity index (χ2n) is 8.45. The maximum Gasteiger partial charge on any atom is 0.224 e. The number of nitrogens with zero attached hydrogens (tertiary/aromatic N) is 1. The van der Waals surface area contributed by atoms with Crippen LogP contribution in [-0.4, -0.2) is 44.2 Å². The van der Waals surface area contributed by atoms with Gasteiger partial charge in [-0.3, -0.25) is 4.79 Å². The molecule has 1 heterocycles. The number of aryl methyl sites for hydroxylation is 1. The highest BCUT2D eigenvalue weighted by molar-refractivity contribution is 6.30. The highest BCUT2D eigenvalue weighted by atomic mass is 35.5. The molecule has 0 spiro atoms. The zero-order chi connectivity index (χ0) is 21.8. The summed E-state index contributed by atoms with van der Waals surface area (Å²) in [5.74, 6) is 3.02. The van der Waals surface area contributed by atoms with E-state index in [0.717, 1.165) is 54.7 Å². The van der Waals surface area contributed by atoms with Crippen LogP contribution < -0.4 is 14.8 Å². The van der Waals surface area contributed by atoms with Crippen LogP contribution in [-0.2, 0) is 11.2 Å². The fraction of sp³-hybridized carbons (Fsp3) is 0.480. The van der Waals surface area contributed by atoms with Crippen LogP contribution in [0.3, 0.4) is 0 Å². The number of benzene rings is 2. The minimum atomic E-state index is 0.0806. The van der Waals surface area contributed by atoms with Crippen molar-refractivity contribution in [3.8, 4) is 11.5 Å². The van der Waals surface area contributed by atoms with E-state index in [4.69, 9.17) is 21.1 Å². The summed E-state index contributed by atoms with van der Waals surface area (Å²) in [6, 6.07) is 11.9. The summed E-state index contributed by atoms with van der Waals surface area (Å²) in [5.41, 5.74) is 3.30. The van der Waals surface area contributed by atoms with Gasteiger partial charge in [0, 0.05) is 36.3 Å². The smallest absolute Gasteiger partial charge is 0.224 e. The normalized spacial score (nSPS) is 19.7. The lowest BCUT2D eigenvalue weighted by molar-refractivity contribution is -0.116. The van der Waals surface area contributed by atoms with E-state index >= 15 is 0 Å². The number of methoxy groups -OCH3 is 1. The van der Waals surface area contributed by atoms with E-state index in [-0.39, 0.29) is 5.91 Å². The van der Waals surface area contributed by atoms with Crippen molar-refractivity contribution in [2.24, 2.45) is 5.92 Å². The quantitative estimate of drug-likeness (QED) is 0.518. The van der Waals surface area contributed by atoms with Gasteiger partial charge in [-0.25, -0.2) is 0 Å². The maximum absolute atomic E-state index is 11.6. The highest BCUT2D eigenvalue weighted by Gasteiger charge is 2.40. The number of hydrogen-bond acceptors (Lipinski definition) is 4. The predicted molar refractivity (Wildman–Crippen MR) is 124 cm³/mol. The number of fused-ring (bicyclic) bond motifs is 1. The number of ether oxygens (including phenoxy) is 2. The molecule has 2 aromatic rings. The summed E-state index contributed by atoms with van der Waals surface area (Å²) in [4.78, 5) is 14.1. The Morgan fingerprint density at radius 1 is 1.19 bits per heavy atom. The number of halogens is 1. The van der Waals surface area contributed by atoms with Crippen molar-refractivity contribution in [1.82, 2.24) is 4.90 Å². The van der Waals surface area contributed by atoms with Crippen molar-refractivity contribution in [2.45, 2.75) is 38.5 Å². The molecule has 4 rings (SSSR count). The first-order valence-corrected chi connectivity index (χ1v) is 11.6. The van der Waals surface area contributed by atoms with Crippen LogP contribution in [0.25, 0.3) is 0 Å². The van der Waals surface area contributed by atoms with Crippen molar-refractivity contribution in [3.63, 3.8) is 0 Å². The third-order valence-electron chi connectivity index (χ3n) is 6.32. The largest absolute Gasteiger partial charge is 0.496 e. The molecule has 0 aromatic heterocycles. The number of amides is 1. The van der Waals surface area contributed by atoms with E-state index < -0.39 is 0 Å². The molecule has 1 amide bonds. The third kappa shape index (κ3) is 5.52. The number of anilines is 1. The van der Waals surface area contributed by atoms with Crippen molar-refractivity contribution < 1.29 is 14.3 Å². The number of nitrogens with one attached hydrogen (secondary N) is 1. The summed E-state index contributed by atoms with van der Waals surface area (Å²) in [5, 5.41) is 3.70. The lowest BCUT2D eigenvalue weighted by atomic mass is 10.0. The molecule has 1 aliphatic heterocycles. The van der Waals surface area contributed by atoms with Gasteiger partial charge in [0.05, 0.1) is 13.7 Å². The van der Waals surface area contributed by atoms with Crippen LogP contribution >= 0.6 is 11.6 Å². The van der Waals surface area contributed by atoms with Crippen molar-refractivity contribution in [3.05, 3.63) is 52.5 Å². The summed E-state index contributed by atoms with van der Waals surface area (Å²) in [6.07, 6.45) is 3.52. The lowest BCUT2D eigenvalue weighted by Crippen LogP contribution is -2.28. The van der Waals surface area contributed by atoms with Gasteiger partial charge in [0.2, 0.25) is 5.91 Å². The lowest BCUT2D eigenvalue weighted by Gasteiger charge is -2.21. The second-order valence-corrected chi connectivity index (χ2v) is 8.89. The van der Waals surface area contributed by atoms with Gasteiger partial charge in [0.1, 0.15) is 11.5 Å².